The molecule has 0 radical (unpaired) electrons. The molecular formula is C47H47N15O7S7. The highest BCUT2D eigenvalue weighted by Crippen LogP contribution is 2.45. The van der Waals surface area contributed by atoms with Gasteiger partial charge in [-0.2, -0.15) is 49.3 Å². The average Bonchev–Trinajstić information content (AvgIpc) is 4.23. The predicted molar refractivity (Wildman–Crippen MR) is 303 cm³/mol. The lowest BCUT2D eigenvalue weighted by Gasteiger charge is -2.22. The van der Waals surface area contributed by atoms with Crippen LogP contribution in [0.15, 0.2) is 108 Å². The van der Waals surface area contributed by atoms with Crippen molar-refractivity contribution in [3.63, 3.8) is 0 Å². The molecule has 5 aromatic heterocycles. The lowest BCUT2D eigenvalue weighted by Crippen LogP contribution is -2.21. The molecule has 4 aromatic carbocycles. The number of thioether (sulfide) groups is 1. The Bertz CT molecular complexity index is 3660. The van der Waals surface area contributed by atoms with E-state index >= 15 is 0 Å². The van der Waals surface area contributed by atoms with E-state index in [1.807, 2.05) is 36.4 Å². The highest BCUT2D eigenvalue weighted by molar-refractivity contribution is 7.99. The maximum absolute atomic E-state index is 12.2. The zero-order chi connectivity index (χ0) is 53.9. The monoisotopic (exact) mass is 1160 g/mol. The summed E-state index contributed by atoms with van der Waals surface area (Å²) in [7, 11) is -9.00. The number of rotatable bonds is 21. The zero-order valence-corrected chi connectivity index (χ0v) is 47.0. The summed E-state index contributed by atoms with van der Waals surface area (Å²) in [6.07, 6.45) is 0. The van der Waals surface area contributed by atoms with Gasteiger partial charge in [-0.1, -0.05) is 36.0 Å². The Hall–Kier alpha value is -6.54. The summed E-state index contributed by atoms with van der Waals surface area (Å²) in [4.78, 5) is 19.4. The number of nitrogens with zero attached hydrogens (tertiary/aromatic N) is 13. The first-order valence-corrected chi connectivity index (χ1v) is 30.3. The van der Waals surface area contributed by atoms with Crippen LogP contribution in [0.25, 0.3) is 42.9 Å². The van der Waals surface area contributed by atoms with Crippen molar-refractivity contribution in [1.82, 2.24) is 32.4 Å². The van der Waals surface area contributed by atoms with Gasteiger partial charge < -0.3 is 25.5 Å². The first kappa shape index (κ1) is 54.3. The van der Waals surface area contributed by atoms with Gasteiger partial charge in [0.15, 0.2) is 24.8 Å². The molecule has 5 heterocycles. The van der Waals surface area contributed by atoms with Crippen LogP contribution in [0.1, 0.15) is 38.8 Å². The number of azo groups is 2. The fraction of sp³-hybridized carbons (Fsp3) is 0.255. The van der Waals surface area contributed by atoms with E-state index in [0.29, 0.717) is 97.7 Å². The fourth-order valence-electron chi connectivity index (χ4n) is 8.02. The van der Waals surface area contributed by atoms with E-state index in [9.17, 15) is 31.0 Å². The number of nitrogens with one attached hydrogen (secondary N) is 2. The molecule has 0 amide bonds. The number of hydrogen-bond acceptors (Lipinski definition) is 25. The summed E-state index contributed by atoms with van der Waals surface area (Å²) < 4.78 is 86.9. The topological polar surface area (TPSA) is 299 Å². The normalized spacial score (nSPS) is 12.2. The number of aromatic nitrogens is 7. The number of benzene rings is 4. The Morgan fingerprint density at radius 3 is 1.39 bits per heavy atom. The molecular weight excluding hydrogens is 1110 g/mol. The number of fused-ring (bicyclic) bond motifs is 2. The van der Waals surface area contributed by atoms with Gasteiger partial charge >= 0.3 is 0 Å². The number of anilines is 6. The van der Waals surface area contributed by atoms with Crippen molar-refractivity contribution in [2.24, 2.45) is 20.5 Å². The molecule has 0 saturated carbocycles. The van der Waals surface area contributed by atoms with Crippen LogP contribution in [-0.4, -0.2) is 102 Å². The summed E-state index contributed by atoms with van der Waals surface area (Å²) in [6, 6.07) is 20.8. The minimum absolute atomic E-state index is 0.135. The van der Waals surface area contributed by atoms with Gasteiger partial charge in [-0.15, -0.1) is 20.5 Å². The molecule has 0 aliphatic heterocycles. The van der Waals surface area contributed by atoms with Crippen LogP contribution < -0.4 is 20.4 Å². The second-order valence-corrected chi connectivity index (χ2v) is 23.4. The number of aliphatic hydroxyl groups is 1. The Labute approximate surface area is 457 Å². The van der Waals surface area contributed by atoms with Gasteiger partial charge in [-0.3, -0.25) is 9.11 Å². The van der Waals surface area contributed by atoms with Crippen LogP contribution in [0, 0.1) is 13.8 Å². The van der Waals surface area contributed by atoms with Crippen molar-refractivity contribution in [1.29, 1.82) is 0 Å². The van der Waals surface area contributed by atoms with Gasteiger partial charge in [0.1, 0.15) is 11.4 Å². The third-order valence-electron chi connectivity index (χ3n) is 11.8. The summed E-state index contributed by atoms with van der Waals surface area (Å²) >= 11 is 5.71. The standard InChI is InChI=1S/C47H47N15O7S7/c1-7-61(8-2)29-15-17-31(53-55-41-37-39(57-73-43(37)59-71-41)27-13-11-25(5)35(21-27)75(64,65)66)33(23-29)48-45-50-46(52-47(51-45)70-20-19-63)49-34-24-30(62(9-3)10-4)16-18-32(34)54-56-42-38-40(58-74-44(38)60-72-42)28-14-12-26(6)36(22-28)76(67,68)69/h11-18,21-24,63H,7-10,19-20H2,1-6H3,(H,64,65,66)(H,67,68,69)(H2,48,49,50,51,52). The van der Waals surface area contributed by atoms with E-state index in [1.165, 1.54) is 23.9 Å². The summed E-state index contributed by atoms with van der Waals surface area (Å²) in [5.74, 6) is 0.581. The second-order valence-electron chi connectivity index (χ2n) is 16.5. The van der Waals surface area contributed by atoms with Crippen LogP contribution in [-0.2, 0) is 20.2 Å². The summed E-state index contributed by atoms with van der Waals surface area (Å²) in [6.45, 7) is 14.2. The molecule has 76 heavy (non-hydrogen) atoms. The molecule has 0 spiro atoms. The predicted octanol–water partition coefficient (Wildman–Crippen LogP) is 12.5. The quantitative estimate of drug-likeness (QED) is 0.0254. The van der Waals surface area contributed by atoms with Crippen LogP contribution in [0.2, 0.25) is 0 Å². The van der Waals surface area contributed by atoms with Crippen LogP contribution >= 0.6 is 57.9 Å². The lowest BCUT2D eigenvalue weighted by atomic mass is 10.1. The molecule has 0 aliphatic rings. The Balaban J connectivity index is 1.08. The van der Waals surface area contributed by atoms with E-state index in [-0.39, 0.29) is 28.3 Å². The van der Waals surface area contributed by atoms with E-state index in [2.05, 4.69) is 75.9 Å². The number of aliphatic hydroxyl groups excluding tert-OH is 1. The molecule has 22 nitrogen and oxygen atoms in total. The highest BCUT2D eigenvalue weighted by Gasteiger charge is 2.23. The van der Waals surface area contributed by atoms with E-state index in [0.717, 1.165) is 83.7 Å². The van der Waals surface area contributed by atoms with Gasteiger partial charge in [0.25, 0.3) is 20.2 Å². The molecule has 9 aromatic rings. The minimum Gasteiger partial charge on any atom is -0.396 e. The maximum atomic E-state index is 12.2. The van der Waals surface area contributed by atoms with Gasteiger partial charge in [0, 0.05) is 54.4 Å². The first-order valence-electron chi connectivity index (χ1n) is 23.3. The van der Waals surface area contributed by atoms with E-state index < -0.39 is 20.2 Å². The first-order chi connectivity index (χ1) is 36.5. The average molecular weight is 1160 g/mol. The molecule has 0 bridgehead atoms. The molecule has 5 N–H and O–H groups in total. The molecule has 0 unspecified atom stereocenters. The maximum Gasteiger partial charge on any atom is 0.294 e. The van der Waals surface area contributed by atoms with Crippen molar-refractivity contribution in [3.05, 3.63) is 83.9 Å². The molecule has 394 valence electrons. The van der Waals surface area contributed by atoms with E-state index in [1.54, 1.807) is 38.1 Å². The zero-order valence-electron chi connectivity index (χ0n) is 41.3. The summed E-state index contributed by atoms with van der Waals surface area (Å²) in [5.41, 5.74) is 6.20. The van der Waals surface area contributed by atoms with Crippen LogP contribution in [0.5, 0.6) is 0 Å². The Kier molecular flexibility index (Phi) is 16.4. The highest BCUT2D eigenvalue weighted by atomic mass is 32.2. The largest absolute Gasteiger partial charge is 0.396 e. The number of hydrogen-bond donors (Lipinski definition) is 5. The van der Waals surface area contributed by atoms with Crippen molar-refractivity contribution in [2.75, 3.05) is 59.0 Å². The van der Waals surface area contributed by atoms with Gasteiger partial charge in [0.05, 0.1) is 49.9 Å². The molecule has 29 heteroatoms. The fourth-order valence-corrected chi connectivity index (χ4v) is 13.3. The van der Waals surface area contributed by atoms with Crippen molar-refractivity contribution in [3.8, 4) is 22.5 Å². The van der Waals surface area contributed by atoms with Crippen molar-refractivity contribution in [2.45, 2.75) is 56.5 Å². The van der Waals surface area contributed by atoms with E-state index in [4.69, 9.17) is 25.2 Å². The van der Waals surface area contributed by atoms with Gasteiger partial charge in [-0.05, 0) is 147 Å². The SMILES string of the molecule is CCN(CC)c1ccc(N=Nc2snc3snc(-c4ccc(C)c(S(=O)(=O)O)c4)c23)c(Nc2nc(Nc3cc(N(CC)CC)ccc3N=Nc3snc4snc(-c5ccc(C)c(S(=O)(=O)O)c5)c34)nc(SCCO)n2)c1. The molecule has 0 aliphatic carbocycles. The minimum atomic E-state index is -4.50. The smallest absolute Gasteiger partial charge is 0.294 e. The third-order valence-corrected chi connectivity index (χ3v) is 17.8. The third kappa shape index (κ3) is 11.7. The lowest BCUT2D eigenvalue weighted by molar-refractivity contribution is 0.322. The molecule has 0 saturated heterocycles. The summed E-state index contributed by atoms with van der Waals surface area (Å²) in [5, 5.41) is 37.6. The number of aryl methyl sites for hydroxylation is 2. The van der Waals surface area contributed by atoms with Crippen LogP contribution in [0.4, 0.5) is 56.0 Å². The Morgan fingerprint density at radius 1 is 0.566 bits per heavy atom. The molecule has 0 fully saturated rings. The van der Waals surface area contributed by atoms with Gasteiger partial charge in [-0.25, -0.2) is 0 Å². The van der Waals surface area contributed by atoms with Crippen LogP contribution in [0.3, 0.4) is 0 Å². The van der Waals surface area contributed by atoms with Crippen molar-refractivity contribution >= 4 is 155 Å². The second kappa shape index (κ2) is 23.0. The molecule has 0 atom stereocenters. The molecule has 9 rings (SSSR count). The van der Waals surface area contributed by atoms with Crippen molar-refractivity contribution < 1.29 is 31.0 Å². The van der Waals surface area contributed by atoms with Gasteiger partial charge in [0.2, 0.25) is 11.9 Å². The Morgan fingerprint density at radius 2 is 1.00 bits per heavy atom.